The van der Waals surface area contributed by atoms with Crippen molar-refractivity contribution < 1.29 is 4.79 Å². The second-order valence-electron chi connectivity index (χ2n) is 3.26. The van der Waals surface area contributed by atoms with Crippen LogP contribution in [0.2, 0.25) is 0 Å². The largest absolute Gasteiger partial charge is 0.349 e. The van der Waals surface area contributed by atoms with Gasteiger partial charge in [-0.25, -0.2) is 0 Å². The lowest BCUT2D eigenvalue weighted by molar-refractivity contribution is -0.122. The molecular formula is C9H16N2O. The van der Waals surface area contributed by atoms with Crippen molar-refractivity contribution in [2.24, 2.45) is 5.73 Å². The highest BCUT2D eigenvalue weighted by Crippen LogP contribution is 2.09. The van der Waals surface area contributed by atoms with Crippen LogP contribution in [0.3, 0.4) is 0 Å². The summed E-state index contributed by atoms with van der Waals surface area (Å²) in [5.74, 6) is -0.0634. The van der Waals surface area contributed by atoms with E-state index in [1.807, 2.05) is 6.08 Å². The fourth-order valence-corrected chi connectivity index (χ4v) is 1.25. The summed E-state index contributed by atoms with van der Waals surface area (Å²) in [6.07, 6.45) is 7.47. The molecular weight excluding hydrogens is 152 g/mol. The zero-order valence-corrected chi connectivity index (χ0v) is 7.42. The minimum atomic E-state index is -0.402. The second kappa shape index (κ2) is 4.26. The fraction of sp³-hybridized carbons (Fsp3) is 0.667. The first-order valence-corrected chi connectivity index (χ1v) is 4.43. The Kier molecular flexibility index (Phi) is 3.29. The van der Waals surface area contributed by atoms with E-state index in [9.17, 15) is 4.79 Å². The molecule has 1 aliphatic rings. The van der Waals surface area contributed by atoms with Gasteiger partial charge >= 0.3 is 0 Å². The topological polar surface area (TPSA) is 55.1 Å². The lowest BCUT2D eigenvalue weighted by atomic mass is 10.0. The van der Waals surface area contributed by atoms with Crippen LogP contribution in [0.5, 0.6) is 0 Å². The molecule has 0 fully saturated rings. The minimum Gasteiger partial charge on any atom is -0.349 e. The van der Waals surface area contributed by atoms with Crippen molar-refractivity contribution in [3.63, 3.8) is 0 Å². The molecule has 12 heavy (non-hydrogen) atoms. The van der Waals surface area contributed by atoms with Crippen LogP contribution in [-0.4, -0.2) is 18.0 Å². The molecule has 1 aliphatic carbocycles. The number of hydrogen-bond donors (Lipinski definition) is 2. The number of allylic oxidation sites excluding steroid dienone is 1. The fourth-order valence-electron chi connectivity index (χ4n) is 1.25. The van der Waals surface area contributed by atoms with Crippen molar-refractivity contribution in [2.45, 2.75) is 38.3 Å². The van der Waals surface area contributed by atoms with E-state index in [-0.39, 0.29) is 11.9 Å². The van der Waals surface area contributed by atoms with Crippen molar-refractivity contribution in [3.8, 4) is 0 Å². The van der Waals surface area contributed by atoms with Crippen molar-refractivity contribution in [1.29, 1.82) is 0 Å². The lowest BCUT2D eigenvalue weighted by Gasteiger charge is -2.18. The van der Waals surface area contributed by atoms with E-state index < -0.39 is 6.04 Å². The number of hydrogen-bond acceptors (Lipinski definition) is 2. The molecule has 3 N–H and O–H groups in total. The van der Waals surface area contributed by atoms with Crippen LogP contribution in [0.1, 0.15) is 26.2 Å². The Morgan fingerprint density at radius 1 is 1.75 bits per heavy atom. The molecule has 1 rings (SSSR count). The molecule has 0 aromatic rings. The van der Waals surface area contributed by atoms with E-state index in [4.69, 9.17) is 5.73 Å². The zero-order valence-electron chi connectivity index (χ0n) is 7.42. The number of rotatable bonds is 2. The van der Waals surface area contributed by atoms with E-state index in [1.165, 1.54) is 0 Å². The van der Waals surface area contributed by atoms with Gasteiger partial charge in [-0.3, -0.25) is 4.79 Å². The molecule has 0 aliphatic heterocycles. The average Bonchev–Trinajstić information content (AvgIpc) is 2.06. The Morgan fingerprint density at radius 2 is 2.50 bits per heavy atom. The van der Waals surface area contributed by atoms with Gasteiger partial charge in [0, 0.05) is 6.04 Å². The van der Waals surface area contributed by atoms with Crippen LogP contribution < -0.4 is 11.1 Å². The van der Waals surface area contributed by atoms with Gasteiger partial charge in [-0.2, -0.15) is 0 Å². The van der Waals surface area contributed by atoms with Gasteiger partial charge in [0.15, 0.2) is 0 Å². The lowest BCUT2D eigenvalue weighted by Crippen LogP contribution is -2.43. The normalized spacial score (nSPS) is 25.0. The van der Waals surface area contributed by atoms with Crippen LogP contribution >= 0.6 is 0 Å². The molecule has 0 spiro atoms. The van der Waals surface area contributed by atoms with Gasteiger partial charge in [0.05, 0.1) is 6.04 Å². The number of carbonyl (C=O) groups excluding carboxylic acids is 1. The standard InChI is InChI=1S/C9H16N2O/c1-7(10)9(12)11-8-5-3-2-4-6-8/h3,5,7-8H,2,4,6,10H2,1H3,(H,11,12)/t7-,8?/m1/s1. The maximum atomic E-state index is 11.1. The summed E-state index contributed by atoms with van der Waals surface area (Å²) in [6, 6.07) is -0.197. The maximum absolute atomic E-state index is 11.1. The Morgan fingerprint density at radius 3 is 3.00 bits per heavy atom. The van der Waals surface area contributed by atoms with Crippen molar-refractivity contribution >= 4 is 5.91 Å². The molecule has 0 aromatic carbocycles. The van der Waals surface area contributed by atoms with E-state index in [2.05, 4.69) is 11.4 Å². The van der Waals surface area contributed by atoms with Crippen LogP contribution in [-0.2, 0) is 4.79 Å². The molecule has 3 nitrogen and oxygen atoms in total. The number of amides is 1. The van der Waals surface area contributed by atoms with Gasteiger partial charge in [-0.1, -0.05) is 12.2 Å². The predicted molar refractivity (Wildman–Crippen MR) is 48.6 cm³/mol. The summed E-state index contributed by atoms with van der Waals surface area (Å²) in [6.45, 7) is 1.70. The van der Waals surface area contributed by atoms with Gasteiger partial charge in [0.1, 0.15) is 0 Å². The Labute approximate surface area is 73.0 Å². The third-order valence-corrected chi connectivity index (χ3v) is 2.00. The van der Waals surface area contributed by atoms with E-state index >= 15 is 0 Å². The Bertz CT molecular complexity index is 187. The highest BCUT2D eigenvalue weighted by Gasteiger charge is 2.13. The maximum Gasteiger partial charge on any atom is 0.237 e. The summed E-state index contributed by atoms with van der Waals surface area (Å²) >= 11 is 0. The molecule has 0 saturated heterocycles. The van der Waals surface area contributed by atoms with Crippen molar-refractivity contribution in [3.05, 3.63) is 12.2 Å². The van der Waals surface area contributed by atoms with E-state index in [1.54, 1.807) is 6.92 Å². The summed E-state index contributed by atoms with van der Waals surface area (Å²) in [5.41, 5.74) is 5.42. The second-order valence-corrected chi connectivity index (χ2v) is 3.26. The molecule has 68 valence electrons. The van der Waals surface area contributed by atoms with Crippen molar-refractivity contribution in [2.75, 3.05) is 0 Å². The molecule has 0 saturated carbocycles. The molecule has 1 unspecified atom stereocenters. The summed E-state index contributed by atoms with van der Waals surface area (Å²) < 4.78 is 0. The SMILES string of the molecule is C[C@@H](N)C(=O)NC1C=CCCC1. The van der Waals surface area contributed by atoms with Crippen molar-refractivity contribution in [1.82, 2.24) is 5.32 Å². The monoisotopic (exact) mass is 168 g/mol. The van der Waals surface area contributed by atoms with Crippen LogP contribution in [0.15, 0.2) is 12.2 Å². The molecule has 0 heterocycles. The summed E-state index contributed by atoms with van der Waals surface area (Å²) in [4.78, 5) is 11.1. The third-order valence-electron chi connectivity index (χ3n) is 2.00. The molecule has 3 heteroatoms. The number of carbonyl (C=O) groups is 1. The zero-order chi connectivity index (χ0) is 8.97. The number of nitrogens with one attached hydrogen (secondary N) is 1. The molecule has 0 bridgehead atoms. The van der Waals surface area contributed by atoms with Gasteiger partial charge < -0.3 is 11.1 Å². The molecule has 0 aromatic heterocycles. The van der Waals surface area contributed by atoms with Gasteiger partial charge in [0.2, 0.25) is 5.91 Å². The minimum absolute atomic E-state index is 0.0634. The summed E-state index contributed by atoms with van der Waals surface area (Å²) in [7, 11) is 0. The Balaban J connectivity index is 2.35. The molecule has 0 radical (unpaired) electrons. The average molecular weight is 168 g/mol. The first kappa shape index (κ1) is 9.26. The van der Waals surface area contributed by atoms with Gasteiger partial charge in [-0.05, 0) is 26.2 Å². The van der Waals surface area contributed by atoms with E-state index in [0.29, 0.717) is 0 Å². The van der Waals surface area contributed by atoms with Gasteiger partial charge in [-0.15, -0.1) is 0 Å². The third kappa shape index (κ3) is 2.66. The first-order chi connectivity index (χ1) is 5.70. The van der Waals surface area contributed by atoms with Crippen LogP contribution in [0.25, 0.3) is 0 Å². The molecule has 1 amide bonds. The first-order valence-electron chi connectivity index (χ1n) is 4.43. The Hall–Kier alpha value is -0.830. The summed E-state index contributed by atoms with van der Waals surface area (Å²) in [5, 5.41) is 2.87. The highest BCUT2D eigenvalue weighted by atomic mass is 16.2. The van der Waals surface area contributed by atoms with E-state index in [0.717, 1.165) is 19.3 Å². The van der Waals surface area contributed by atoms with Gasteiger partial charge in [0.25, 0.3) is 0 Å². The van der Waals surface area contributed by atoms with Crippen LogP contribution in [0, 0.1) is 0 Å². The highest BCUT2D eigenvalue weighted by molar-refractivity contribution is 5.81. The number of nitrogens with two attached hydrogens (primary N) is 1. The quantitative estimate of drug-likeness (QED) is 0.592. The molecule has 2 atom stereocenters. The smallest absolute Gasteiger partial charge is 0.237 e. The predicted octanol–water partition coefficient (Wildman–Crippen LogP) is 0.558. The van der Waals surface area contributed by atoms with Crippen LogP contribution in [0.4, 0.5) is 0 Å².